The standard InChI is InChI=1S/C21H23FN6O3S.C2HF3O2/c1-20(2)19(23)27-21(3,11-32(20,24)29)13-7-12(5-6-14(13)22)17-8-15(28-31-17)16-9-26-18(30-4)10-25-16;3-2(4,5)1(6)7/h5-10,24H,11H2,1-4H3,(H2,23,27);(H,6,7)/t21-,32-;/m0./s1. The lowest BCUT2D eigenvalue weighted by molar-refractivity contribution is -0.192. The lowest BCUT2D eigenvalue weighted by Gasteiger charge is -2.39. The third-order valence-electron chi connectivity index (χ3n) is 5.98. The Morgan fingerprint density at radius 2 is 1.82 bits per heavy atom. The predicted octanol–water partition coefficient (Wildman–Crippen LogP) is 3.99. The smallest absolute Gasteiger partial charge is 0.480 e. The number of carboxylic acid groups (broad SMARTS) is 1. The summed E-state index contributed by atoms with van der Waals surface area (Å²) in [6.07, 6.45) is -2.12. The van der Waals surface area contributed by atoms with Crippen LogP contribution in [0, 0.1) is 10.6 Å². The number of alkyl halides is 3. The fourth-order valence-corrected chi connectivity index (χ4v) is 5.25. The van der Waals surface area contributed by atoms with Gasteiger partial charge in [0.2, 0.25) is 5.88 Å². The van der Waals surface area contributed by atoms with Crippen LogP contribution in [0.25, 0.3) is 22.7 Å². The van der Waals surface area contributed by atoms with Crippen LogP contribution in [0.4, 0.5) is 17.6 Å². The van der Waals surface area contributed by atoms with Crippen molar-refractivity contribution in [3.8, 4) is 28.6 Å². The normalized spacial score (nSPS) is 22.3. The van der Waals surface area contributed by atoms with Crippen LogP contribution >= 0.6 is 0 Å². The number of methoxy groups -OCH3 is 1. The summed E-state index contributed by atoms with van der Waals surface area (Å²) in [6.45, 7) is 4.86. The molecule has 0 amide bonds. The molecule has 0 bridgehead atoms. The van der Waals surface area contributed by atoms with Gasteiger partial charge in [0, 0.05) is 17.2 Å². The van der Waals surface area contributed by atoms with Crippen LogP contribution in [0.1, 0.15) is 26.3 Å². The maximum atomic E-state index is 14.9. The minimum atomic E-state index is -5.08. The van der Waals surface area contributed by atoms with Crippen molar-refractivity contribution in [1.29, 1.82) is 4.78 Å². The maximum Gasteiger partial charge on any atom is 0.490 e. The van der Waals surface area contributed by atoms with Crippen LogP contribution in [-0.2, 0) is 20.1 Å². The van der Waals surface area contributed by atoms with Crippen molar-refractivity contribution < 1.29 is 40.9 Å². The van der Waals surface area contributed by atoms with E-state index in [9.17, 15) is 21.8 Å². The number of rotatable bonds is 4. The number of carbonyl (C=O) groups is 1. The Hall–Kier alpha value is -4.08. The van der Waals surface area contributed by atoms with Gasteiger partial charge < -0.3 is 20.1 Å². The number of halogens is 4. The van der Waals surface area contributed by atoms with Crippen LogP contribution in [-0.4, -0.2) is 60.0 Å². The molecule has 2 atom stereocenters. The molecule has 210 valence electrons. The highest BCUT2D eigenvalue weighted by Gasteiger charge is 2.47. The van der Waals surface area contributed by atoms with Crippen molar-refractivity contribution in [2.24, 2.45) is 10.7 Å². The Labute approximate surface area is 220 Å². The number of hydrogen-bond donors (Lipinski definition) is 3. The van der Waals surface area contributed by atoms with Gasteiger partial charge in [-0.05, 0) is 39.0 Å². The molecule has 0 saturated heterocycles. The van der Waals surface area contributed by atoms with Crippen molar-refractivity contribution in [1.82, 2.24) is 15.1 Å². The predicted molar refractivity (Wildman–Crippen MR) is 132 cm³/mol. The molecular formula is C23H24F4N6O5S. The molecule has 4 N–H and O–H groups in total. The minimum Gasteiger partial charge on any atom is -0.480 e. The van der Waals surface area contributed by atoms with Crippen molar-refractivity contribution in [2.45, 2.75) is 37.2 Å². The molecule has 0 radical (unpaired) electrons. The largest absolute Gasteiger partial charge is 0.490 e. The van der Waals surface area contributed by atoms with E-state index in [0.29, 0.717) is 28.6 Å². The molecule has 1 aliphatic rings. The van der Waals surface area contributed by atoms with Crippen LogP contribution in [0.5, 0.6) is 5.88 Å². The van der Waals surface area contributed by atoms with Crippen molar-refractivity contribution in [2.75, 3.05) is 12.9 Å². The van der Waals surface area contributed by atoms with Crippen LogP contribution in [0.3, 0.4) is 0 Å². The zero-order chi connectivity index (χ0) is 29.4. The molecule has 11 nitrogen and oxygen atoms in total. The van der Waals surface area contributed by atoms with Gasteiger partial charge in [0.1, 0.15) is 33.3 Å². The number of amidine groups is 1. The highest BCUT2D eigenvalue weighted by Crippen LogP contribution is 2.39. The second-order valence-corrected chi connectivity index (χ2v) is 11.8. The molecule has 4 rings (SSSR count). The molecule has 0 spiro atoms. The number of ether oxygens (including phenoxy) is 1. The van der Waals surface area contributed by atoms with Crippen molar-refractivity contribution in [3.63, 3.8) is 0 Å². The van der Waals surface area contributed by atoms with Crippen LogP contribution < -0.4 is 10.5 Å². The molecule has 1 aromatic carbocycles. The van der Waals surface area contributed by atoms with E-state index in [1.54, 1.807) is 39.0 Å². The first-order valence-electron chi connectivity index (χ1n) is 11.0. The fourth-order valence-electron chi connectivity index (χ4n) is 3.49. The molecule has 0 unspecified atom stereocenters. The van der Waals surface area contributed by atoms with E-state index >= 15 is 0 Å². The summed E-state index contributed by atoms with van der Waals surface area (Å²) in [5.41, 5.74) is 6.45. The summed E-state index contributed by atoms with van der Waals surface area (Å²) in [5, 5.41) is 11.1. The van der Waals surface area contributed by atoms with Gasteiger partial charge in [-0.2, -0.15) is 13.2 Å². The second-order valence-electron chi connectivity index (χ2n) is 9.12. The van der Waals surface area contributed by atoms with Gasteiger partial charge in [0.15, 0.2) is 5.76 Å². The summed E-state index contributed by atoms with van der Waals surface area (Å²) in [6, 6.07) is 6.04. The van der Waals surface area contributed by atoms with Gasteiger partial charge in [-0.15, -0.1) is 0 Å². The Balaban J connectivity index is 0.000000532. The molecule has 0 saturated carbocycles. The SMILES string of the molecule is COc1cnc(-c2cc(-c3ccc(F)c([C@]4(C)C[S@](=N)(=O)C(C)(C)C(N)=N4)c3)on2)cn1.O=C(O)C(F)(F)F. The van der Waals surface area contributed by atoms with E-state index in [1.165, 1.54) is 25.6 Å². The van der Waals surface area contributed by atoms with Gasteiger partial charge in [-0.3, -0.25) is 9.77 Å². The Bertz CT molecular complexity index is 1520. The first-order valence-corrected chi connectivity index (χ1v) is 12.7. The molecule has 39 heavy (non-hydrogen) atoms. The zero-order valence-electron chi connectivity index (χ0n) is 21.0. The molecule has 0 fully saturated rings. The van der Waals surface area contributed by atoms with Gasteiger partial charge in [-0.25, -0.2) is 23.4 Å². The average Bonchev–Trinajstić information content (AvgIpc) is 3.33. The number of carboxylic acids is 1. The van der Waals surface area contributed by atoms with E-state index in [0.717, 1.165) is 0 Å². The number of nitrogens with one attached hydrogen (secondary N) is 1. The first-order chi connectivity index (χ1) is 17.9. The van der Waals surface area contributed by atoms with Crippen molar-refractivity contribution in [3.05, 3.63) is 48.0 Å². The summed E-state index contributed by atoms with van der Waals surface area (Å²) in [7, 11) is -1.69. The van der Waals surface area contributed by atoms with Gasteiger partial charge in [-0.1, -0.05) is 5.16 Å². The molecule has 3 aromatic rings. The van der Waals surface area contributed by atoms with Crippen LogP contribution in [0.15, 0.2) is 46.2 Å². The number of nitrogens with zero attached hydrogens (tertiary/aromatic N) is 4. The third kappa shape index (κ3) is 6.00. The average molecular weight is 573 g/mol. The highest BCUT2D eigenvalue weighted by molar-refractivity contribution is 7.94. The molecule has 1 aliphatic heterocycles. The third-order valence-corrected chi connectivity index (χ3v) is 8.80. The number of aliphatic imine (C=N–C) groups is 1. The summed E-state index contributed by atoms with van der Waals surface area (Å²) >= 11 is 0. The number of nitrogens with two attached hydrogens (primary N) is 1. The molecule has 3 heterocycles. The number of benzene rings is 1. The fraction of sp³-hybridized carbons (Fsp3) is 0.348. The number of aliphatic carboxylic acids is 1. The Morgan fingerprint density at radius 3 is 2.33 bits per heavy atom. The van der Waals surface area contributed by atoms with Crippen molar-refractivity contribution >= 4 is 21.5 Å². The maximum absolute atomic E-state index is 14.9. The van der Waals surface area contributed by atoms with Gasteiger partial charge >= 0.3 is 12.1 Å². The topological polar surface area (TPSA) is 178 Å². The Morgan fingerprint density at radius 1 is 1.18 bits per heavy atom. The second kappa shape index (κ2) is 10.2. The Kier molecular flexibility index (Phi) is 7.74. The van der Waals surface area contributed by atoms with E-state index in [-0.39, 0.29) is 17.2 Å². The summed E-state index contributed by atoms with van der Waals surface area (Å²) in [4.78, 5) is 21.7. The molecule has 2 aromatic heterocycles. The minimum absolute atomic E-state index is 0.0658. The highest BCUT2D eigenvalue weighted by atomic mass is 32.2. The lowest BCUT2D eigenvalue weighted by Crippen LogP contribution is -2.54. The summed E-state index contributed by atoms with van der Waals surface area (Å²) < 4.78 is 77.4. The van der Waals surface area contributed by atoms with E-state index in [2.05, 4.69) is 20.1 Å². The molecule has 16 heteroatoms. The summed E-state index contributed by atoms with van der Waals surface area (Å²) in [5.74, 6) is -2.64. The van der Waals surface area contributed by atoms with Gasteiger partial charge in [0.05, 0.1) is 35.0 Å². The molecular weight excluding hydrogens is 548 g/mol. The van der Waals surface area contributed by atoms with Gasteiger partial charge in [0.25, 0.3) is 0 Å². The van der Waals surface area contributed by atoms with E-state index < -0.39 is 38.0 Å². The first kappa shape index (κ1) is 29.5. The molecule has 0 aliphatic carbocycles. The van der Waals surface area contributed by atoms with E-state index in [1.807, 2.05) is 0 Å². The lowest BCUT2D eigenvalue weighted by atomic mass is 9.91. The quantitative estimate of drug-likeness (QED) is 0.390. The number of aromatic nitrogens is 3. The zero-order valence-corrected chi connectivity index (χ0v) is 21.9. The number of hydrogen-bond acceptors (Lipinski definition) is 10. The monoisotopic (exact) mass is 572 g/mol. The van der Waals surface area contributed by atoms with Crippen LogP contribution in [0.2, 0.25) is 0 Å². The van der Waals surface area contributed by atoms with E-state index in [4.69, 9.17) is 29.7 Å².